The van der Waals surface area contributed by atoms with Crippen LogP contribution in [0.25, 0.3) is 0 Å². The lowest BCUT2D eigenvalue weighted by atomic mass is 10.1. The average Bonchev–Trinajstić information content (AvgIpc) is 2.57. The van der Waals surface area contributed by atoms with E-state index in [4.69, 9.17) is 4.74 Å². The Labute approximate surface area is 111 Å². The van der Waals surface area contributed by atoms with Crippen LogP contribution >= 0.6 is 0 Å². The lowest BCUT2D eigenvalue weighted by molar-refractivity contribution is -0.123. The summed E-state index contributed by atoms with van der Waals surface area (Å²) in [6.45, 7) is 3.03. The molecule has 0 aromatic heterocycles. The summed E-state index contributed by atoms with van der Waals surface area (Å²) in [6, 6.07) is 0.668. The second-order valence-corrected chi connectivity index (χ2v) is 5.48. The second-order valence-electron chi connectivity index (χ2n) is 5.48. The monoisotopic (exact) mass is 256 g/mol. The van der Waals surface area contributed by atoms with Gasteiger partial charge in [-0.2, -0.15) is 0 Å². The first-order valence-corrected chi connectivity index (χ1v) is 7.12. The Morgan fingerprint density at radius 2 is 1.94 bits per heavy atom. The number of carbonyl (C=O) groups is 1. The van der Waals surface area contributed by atoms with Gasteiger partial charge in [-0.25, -0.2) is 0 Å². The third-order valence-electron chi connectivity index (χ3n) is 3.67. The van der Waals surface area contributed by atoms with Crippen molar-refractivity contribution in [2.75, 3.05) is 27.3 Å². The number of hydrogen-bond acceptors (Lipinski definition) is 3. The molecule has 0 spiro atoms. The normalized spacial score (nSPS) is 19.6. The average molecular weight is 256 g/mol. The Balaban J connectivity index is 2.29. The number of hydrogen-bond donors (Lipinski definition) is 1. The molecule has 0 heterocycles. The van der Waals surface area contributed by atoms with Crippen LogP contribution < -0.4 is 5.32 Å². The number of methoxy groups -OCH3 is 1. The molecule has 1 rings (SSSR count). The van der Waals surface area contributed by atoms with Crippen molar-refractivity contribution in [2.45, 2.75) is 57.5 Å². The molecule has 0 aromatic rings. The van der Waals surface area contributed by atoms with Crippen molar-refractivity contribution < 1.29 is 9.53 Å². The molecular formula is C14H28N2O2. The highest BCUT2D eigenvalue weighted by Crippen LogP contribution is 2.20. The molecule has 0 aliphatic heterocycles. The zero-order valence-corrected chi connectivity index (χ0v) is 12.1. The van der Waals surface area contributed by atoms with Gasteiger partial charge in [-0.15, -0.1) is 0 Å². The highest BCUT2D eigenvalue weighted by Gasteiger charge is 2.19. The quantitative estimate of drug-likeness (QED) is 0.737. The van der Waals surface area contributed by atoms with E-state index < -0.39 is 0 Å². The number of rotatable bonds is 6. The van der Waals surface area contributed by atoms with Crippen molar-refractivity contribution in [3.05, 3.63) is 0 Å². The summed E-state index contributed by atoms with van der Waals surface area (Å²) in [4.78, 5) is 14.1. The van der Waals surface area contributed by atoms with E-state index in [0.29, 0.717) is 19.2 Å². The van der Waals surface area contributed by atoms with Crippen LogP contribution in [0.15, 0.2) is 0 Å². The Morgan fingerprint density at radius 1 is 1.33 bits per heavy atom. The predicted molar refractivity (Wildman–Crippen MR) is 73.6 cm³/mol. The molecule has 1 atom stereocenters. The minimum atomic E-state index is 0.0880. The summed E-state index contributed by atoms with van der Waals surface area (Å²) in [5.41, 5.74) is 0. The molecule has 4 nitrogen and oxygen atoms in total. The van der Waals surface area contributed by atoms with Crippen LogP contribution in [-0.2, 0) is 9.53 Å². The van der Waals surface area contributed by atoms with Gasteiger partial charge in [-0.05, 0) is 26.8 Å². The summed E-state index contributed by atoms with van der Waals surface area (Å²) >= 11 is 0. The van der Waals surface area contributed by atoms with Crippen molar-refractivity contribution >= 4 is 5.91 Å². The number of likely N-dealkylation sites (N-methyl/N-ethyl adjacent to an activating group) is 1. The summed E-state index contributed by atoms with van der Waals surface area (Å²) in [5.74, 6) is 0.103. The van der Waals surface area contributed by atoms with Crippen molar-refractivity contribution in [1.82, 2.24) is 10.2 Å². The number of nitrogens with one attached hydrogen (secondary N) is 1. The third-order valence-corrected chi connectivity index (χ3v) is 3.67. The van der Waals surface area contributed by atoms with Gasteiger partial charge in [0, 0.05) is 19.2 Å². The SMILES string of the molecule is COCC(C)NC(=O)CN(C)C1CCCCCC1. The maximum absolute atomic E-state index is 11.9. The highest BCUT2D eigenvalue weighted by atomic mass is 16.5. The summed E-state index contributed by atoms with van der Waals surface area (Å²) < 4.78 is 5.01. The maximum atomic E-state index is 11.9. The molecule has 0 bridgehead atoms. The first kappa shape index (κ1) is 15.4. The van der Waals surface area contributed by atoms with Gasteiger partial charge < -0.3 is 10.1 Å². The molecule has 4 heteroatoms. The molecule has 1 amide bonds. The van der Waals surface area contributed by atoms with Gasteiger partial charge in [0.2, 0.25) is 5.91 Å². The van der Waals surface area contributed by atoms with Crippen LogP contribution in [0.3, 0.4) is 0 Å². The molecule has 1 aliphatic carbocycles. The van der Waals surface area contributed by atoms with Gasteiger partial charge in [-0.3, -0.25) is 9.69 Å². The minimum absolute atomic E-state index is 0.0880. The van der Waals surface area contributed by atoms with Crippen LogP contribution in [0.1, 0.15) is 45.4 Å². The number of ether oxygens (including phenoxy) is 1. The van der Waals surface area contributed by atoms with Crippen molar-refractivity contribution in [2.24, 2.45) is 0 Å². The van der Waals surface area contributed by atoms with Gasteiger partial charge in [0.05, 0.1) is 13.2 Å². The minimum Gasteiger partial charge on any atom is -0.383 e. The standard InChI is InChI=1S/C14H28N2O2/c1-12(11-18-3)15-14(17)10-16(2)13-8-6-4-5-7-9-13/h12-13H,4-11H2,1-3H3,(H,15,17). The third kappa shape index (κ3) is 5.83. The van der Waals surface area contributed by atoms with Crippen LogP contribution in [-0.4, -0.2) is 50.2 Å². The maximum Gasteiger partial charge on any atom is 0.234 e. The van der Waals surface area contributed by atoms with Crippen molar-refractivity contribution in [1.29, 1.82) is 0 Å². The largest absolute Gasteiger partial charge is 0.383 e. The van der Waals surface area contributed by atoms with E-state index in [1.807, 2.05) is 6.92 Å². The van der Waals surface area contributed by atoms with Gasteiger partial charge in [0.25, 0.3) is 0 Å². The number of amides is 1. The summed E-state index contributed by atoms with van der Waals surface area (Å²) in [5, 5.41) is 2.96. The molecular weight excluding hydrogens is 228 g/mol. The molecule has 1 fully saturated rings. The molecule has 1 saturated carbocycles. The predicted octanol–water partition coefficient (Wildman–Crippen LogP) is 1.79. The van der Waals surface area contributed by atoms with E-state index >= 15 is 0 Å². The Bertz CT molecular complexity index is 238. The van der Waals surface area contributed by atoms with E-state index in [0.717, 1.165) is 0 Å². The first-order valence-electron chi connectivity index (χ1n) is 7.12. The zero-order chi connectivity index (χ0) is 13.4. The van der Waals surface area contributed by atoms with Crippen LogP contribution in [0.2, 0.25) is 0 Å². The lowest BCUT2D eigenvalue weighted by Gasteiger charge is -2.27. The first-order chi connectivity index (χ1) is 8.63. The Kier molecular flexibility index (Phi) is 7.28. The van der Waals surface area contributed by atoms with Crippen molar-refractivity contribution in [3.8, 4) is 0 Å². The van der Waals surface area contributed by atoms with E-state index in [1.165, 1.54) is 38.5 Å². The molecule has 106 valence electrons. The smallest absolute Gasteiger partial charge is 0.234 e. The highest BCUT2D eigenvalue weighted by molar-refractivity contribution is 5.78. The lowest BCUT2D eigenvalue weighted by Crippen LogP contribution is -2.44. The van der Waals surface area contributed by atoms with Gasteiger partial charge in [0.15, 0.2) is 0 Å². The fourth-order valence-electron chi connectivity index (χ4n) is 2.67. The molecule has 0 aromatic carbocycles. The van der Waals surface area contributed by atoms with Crippen LogP contribution in [0, 0.1) is 0 Å². The number of carbonyl (C=O) groups excluding carboxylic acids is 1. The van der Waals surface area contributed by atoms with E-state index in [9.17, 15) is 4.79 Å². The molecule has 18 heavy (non-hydrogen) atoms. The summed E-state index contributed by atoms with van der Waals surface area (Å²) in [6.07, 6.45) is 7.77. The molecule has 1 N–H and O–H groups in total. The van der Waals surface area contributed by atoms with E-state index in [2.05, 4.69) is 17.3 Å². The second kappa shape index (κ2) is 8.48. The molecule has 1 aliphatic rings. The van der Waals surface area contributed by atoms with Gasteiger partial charge >= 0.3 is 0 Å². The summed E-state index contributed by atoms with van der Waals surface area (Å²) in [7, 11) is 3.72. The molecule has 1 unspecified atom stereocenters. The fraction of sp³-hybridized carbons (Fsp3) is 0.929. The zero-order valence-electron chi connectivity index (χ0n) is 12.1. The topological polar surface area (TPSA) is 41.6 Å². The Hall–Kier alpha value is -0.610. The van der Waals surface area contributed by atoms with E-state index in [1.54, 1.807) is 7.11 Å². The molecule has 0 radical (unpaired) electrons. The van der Waals surface area contributed by atoms with Crippen LogP contribution in [0.4, 0.5) is 0 Å². The van der Waals surface area contributed by atoms with Gasteiger partial charge in [-0.1, -0.05) is 25.7 Å². The van der Waals surface area contributed by atoms with Crippen molar-refractivity contribution in [3.63, 3.8) is 0 Å². The van der Waals surface area contributed by atoms with E-state index in [-0.39, 0.29) is 11.9 Å². The molecule has 0 saturated heterocycles. The fourth-order valence-corrected chi connectivity index (χ4v) is 2.67. The Morgan fingerprint density at radius 3 is 2.50 bits per heavy atom. The van der Waals surface area contributed by atoms with Crippen LogP contribution in [0.5, 0.6) is 0 Å². The number of nitrogens with zero attached hydrogens (tertiary/aromatic N) is 1. The van der Waals surface area contributed by atoms with Gasteiger partial charge in [0.1, 0.15) is 0 Å².